The first-order valence-electron chi connectivity index (χ1n) is 3.53. The lowest BCUT2D eigenvalue weighted by Crippen LogP contribution is -2.46. The Bertz CT molecular complexity index is 300. The lowest BCUT2D eigenvalue weighted by molar-refractivity contribution is 0.0959. The van der Waals surface area contributed by atoms with E-state index >= 15 is 0 Å². The standard InChI is InChI=1S/C8H8Cl2N2O/c9-8(10,12-11)7(13)6-4-2-1-3-5-6/h1-5,12H,11H2. The van der Waals surface area contributed by atoms with Crippen LogP contribution < -0.4 is 11.3 Å². The maximum atomic E-state index is 11.5. The fourth-order valence-electron chi connectivity index (χ4n) is 0.836. The quantitative estimate of drug-likeness (QED) is 0.266. The van der Waals surface area contributed by atoms with Crippen molar-refractivity contribution in [1.29, 1.82) is 0 Å². The van der Waals surface area contributed by atoms with E-state index in [4.69, 9.17) is 29.0 Å². The van der Waals surface area contributed by atoms with Crippen LogP contribution in [0.15, 0.2) is 30.3 Å². The molecule has 5 heteroatoms. The van der Waals surface area contributed by atoms with Gasteiger partial charge in [-0.3, -0.25) is 10.6 Å². The highest BCUT2D eigenvalue weighted by Crippen LogP contribution is 2.21. The minimum Gasteiger partial charge on any atom is -0.289 e. The van der Waals surface area contributed by atoms with Crippen LogP contribution in [0.25, 0.3) is 0 Å². The van der Waals surface area contributed by atoms with Crippen LogP contribution in [0.2, 0.25) is 0 Å². The molecule has 0 fully saturated rings. The molecule has 0 saturated heterocycles. The Hall–Kier alpha value is -0.610. The number of hydrogen-bond acceptors (Lipinski definition) is 3. The summed E-state index contributed by atoms with van der Waals surface area (Å²) >= 11 is 11.2. The van der Waals surface area contributed by atoms with E-state index in [0.717, 1.165) is 0 Å². The molecule has 0 aromatic heterocycles. The van der Waals surface area contributed by atoms with E-state index in [1.165, 1.54) is 0 Å². The van der Waals surface area contributed by atoms with Gasteiger partial charge in [0.15, 0.2) is 0 Å². The van der Waals surface area contributed by atoms with E-state index in [1.54, 1.807) is 30.3 Å². The molecule has 0 aliphatic carbocycles. The Kier molecular flexibility index (Phi) is 3.27. The largest absolute Gasteiger partial charge is 0.289 e. The molecule has 0 aliphatic heterocycles. The fourth-order valence-corrected chi connectivity index (χ4v) is 1.05. The number of hydrazine groups is 1. The first kappa shape index (κ1) is 10.5. The van der Waals surface area contributed by atoms with Gasteiger partial charge in [0.25, 0.3) is 0 Å². The number of Topliss-reactive ketones (excluding diaryl/α,β-unsaturated/α-hetero) is 1. The predicted octanol–water partition coefficient (Wildman–Crippen LogP) is 1.46. The summed E-state index contributed by atoms with van der Waals surface area (Å²) in [4.78, 5) is 11.5. The number of nitrogens with one attached hydrogen (secondary N) is 1. The highest BCUT2D eigenvalue weighted by molar-refractivity contribution is 6.59. The Morgan fingerprint density at radius 3 is 2.31 bits per heavy atom. The summed E-state index contributed by atoms with van der Waals surface area (Å²) in [5, 5.41) is 0. The van der Waals surface area contributed by atoms with Crippen LogP contribution in [0.1, 0.15) is 10.4 Å². The monoisotopic (exact) mass is 218 g/mol. The van der Waals surface area contributed by atoms with Crippen LogP contribution in [0.3, 0.4) is 0 Å². The number of carbonyl (C=O) groups excluding carboxylic acids is 1. The second-order valence-corrected chi connectivity index (χ2v) is 3.74. The van der Waals surface area contributed by atoms with E-state index in [-0.39, 0.29) is 0 Å². The van der Waals surface area contributed by atoms with Gasteiger partial charge in [-0.25, -0.2) is 5.43 Å². The molecule has 70 valence electrons. The molecule has 0 amide bonds. The third-order valence-corrected chi connectivity index (χ3v) is 2.06. The molecular formula is C8H8Cl2N2O. The summed E-state index contributed by atoms with van der Waals surface area (Å²) in [6.45, 7) is 0. The molecule has 0 atom stereocenters. The predicted molar refractivity (Wildman–Crippen MR) is 52.5 cm³/mol. The van der Waals surface area contributed by atoms with Gasteiger partial charge >= 0.3 is 0 Å². The zero-order valence-electron chi connectivity index (χ0n) is 6.63. The molecule has 1 rings (SSSR count). The smallest absolute Gasteiger partial charge is 0.244 e. The van der Waals surface area contributed by atoms with Crippen molar-refractivity contribution >= 4 is 29.0 Å². The molecule has 0 unspecified atom stereocenters. The Morgan fingerprint density at radius 2 is 1.85 bits per heavy atom. The SMILES string of the molecule is NNC(Cl)(Cl)C(=O)c1ccccc1. The van der Waals surface area contributed by atoms with Crippen LogP contribution in [-0.2, 0) is 0 Å². The van der Waals surface area contributed by atoms with Crippen molar-refractivity contribution in [2.24, 2.45) is 5.84 Å². The molecule has 13 heavy (non-hydrogen) atoms. The lowest BCUT2D eigenvalue weighted by Gasteiger charge is -2.15. The molecule has 0 aliphatic rings. The van der Waals surface area contributed by atoms with Gasteiger partial charge in [0.2, 0.25) is 10.2 Å². The van der Waals surface area contributed by atoms with Gasteiger partial charge in [-0.1, -0.05) is 53.5 Å². The number of halogens is 2. The van der Waals surface area contributed by atoms with Crippen molar-refractivity contribution in [3.8, 4) is 0 Å². The average Bonchev–Trinajstić information content (AvgIpc) is 2.18. The molecule has 1 aromatic carbocycles. The molecule has 1 aromatic rings. The second-order valence-electron chi connectivity index (χ2n) is 2.41. The minimum atomic E-state index is -1.76. The highest BCUT2D eigenvalue weighted by atomic mass is 35.5. The van der Waals surface area contributed by atoms with Gasteiger partial charge < -0.3 is 0 Å². The molecule has 0 saturated carbocycles. The van der Waals surface area contributed by atoms with Gasteiger partial charge in [-0.05, 0) is 0 Å². The maximum absolute atomic E-state index is 11.5. The molecule has 0 radical (unpaired) electrons. The van der Waals surface area contributed by atoms with E-state index < -0.39 is 10.2 Å². The molecule has 3 N–H and O–H groups in total. The summed E-state index contributed by atoms with van der Waals surface area (Å²) in [6, 6.07) is 8.44. The lowest BCUT2D eigenvalue weighted by atomic mass is 10.1. The fraction of sp³-hybridized carbons (Fsp3) is 0.125. The van der Waals surface area contributed by atoms with E-state index in [0.29, 0.717) is 5.56 Å². The molecule has 0 heterocycles. The van der Waals surface area contributed by atoms with Gasteiger partial charge in [0, 0.05) is 5.56 Å². The number of ketones is 1. The Morgan fingerprint density at radius 1 is 1.31 bits per heavy atom. The summed E-state index contributed by atoms with van der Waals surface area (Å²) in [7, 11) is 0. The number of carbonyl (C=O) groups is 1. The van der Waals surface area contributed by atoms with Crippen molar-refractivity contribution in [1.82, 2.24) is 5.43 Å². The number of alkyl halides is 2. The maximum Gasteiger partial charge on any atom is 0.244 e. The van der Waals surface area contributed by atoms with Crippen molar-refractivity contribution < 1.29 is 4.79 Å². The molecule has 3 nitrogen and oxygen atoms in total. The van der Waals surface area contributed by atoms with Crippen LogP contribution in [0.5, 0.6) is 0 Å². The number of nitrogens with two attached hydrogens (primary N) is 1. The van der Waals surface area contributed by atoms with Crippen LogP contribution in [0, 0.1) is 0 Å². The van der Waals surface area contributed by atoms with Crippen LogP contribution in [-0.4, -0.2) is 10.2 Å². The van der Waals surface area contributed by atoms with Crippen molar-refractivity contribution in [3.05, 3.63) is 35.9 Å². The van der Waals surface area contributed by atoms with Crippen molar-refractivity contribution in [3.63, 3.8) is 0 Å². The van der Waals surface area contributed by atoms with E-state index in [2.05, 4.69) is 0 Å². The molecule has 0 bridgehead atoms. The second kappa shape index (κ2) is 4.07. The number of benzene rings is 1. The van der Waals surface area contributed by atoms with Gasteiger partial charge in [0.1, 0.15) is 0 Å². The summed E-state index contributed by atoms with van der Waals surface area (Å²) in [5.41, 5.74) is 2.43. The number of rotatable bonds is 3. The zero-order valence-corrected chi connectivity index (χ0v) is 8.14. The summed E-state index contributed by atoms with van der Waals surface area (Å²) < 4.78 is -1.76. The van der Waals surface area contributed by atoms with E-state index in [9.17, 15) is 4.79 Å². The Balaban J connectivity index is 2.93. The van der Waals surface area contributed by atoms with E-state index in [1.807, 2.05) is 5.43 Å². The first-order valence-corrected chi connectivity index (χ1v) is 4.29. The Labute approximate surface area is 85.8 Å². The highest BCUT2D eigenvalue weighted by Gasteiger charge is 2.32. The summed E-state index contributed by atoms with van der Waals surface area (Å²) in [6.07, 6.45) is 0. The first-order chi connectivity index (χ1) is 6.08. The van der Waals surface area contributed by atoms with Crippen LogP contribution in [0.4, 0.5) is 0 Å². The third kappa shape index (κ3) is 2.42. The average molecular weight is 219 g/mol. The van der Waals surface area contributed by atoms with Gasteiger partial charge in [-0.15, -0.1) is 0 Å². The summed E-state index contributed by atoms with van der Waals surface area (Å²) in [5.74, 6) is 4.54. The van der Waals surface area contributed by atoms with Crippen LogP contribution >= 0.6 is 23.2 Å². The molecular weight excluding hydrogens is 211 g/mol. The third-order valence-electron chi connectivity index (χ3n) is 1.50. The van der Waals surface area contributed by atoms with Crippen molar-refractivity contribution in [2.75, 3.05) is 0 Å². The normalized spacial score (nSPS) is 11.3. The zero-order chi connectivity index (χ0) is 9.90. The van der Waals surface area contributed by atoms with Gasteiger partial charge in [0.05, 0.1) is 0 Å². The van der Waals surface area contributed by atoms with Crippen molar-refractivity contribution in [2.45, 2.75) is 4.46 Å². The van der Waals surface area contributed by atoms with Gasteiger partial charge in [-0.2, -0.15) is 0 Å². The molecule has 0 spiro atoms. The minimum absolute atomic E-state index is 0.408. The topological polar surface area (TPSA) is 55.1 Å². The number of hydrogen-bond donors (Lipinski definition) is 2.